The zero-order chi connectivity index (χ0) is 14.6. The van der Waals surface area contributed by atoms with Crippen LogP contribution in [0.3, 0.4) is 0 Å². The lowest BCUT2D eigenvalue weighted by Gasteiger charge is -2.34. The molecule has 1 heterocycles. The molecule has 0 bridgehead atoms. The van der Waals surface area contributed by atoms with Gasteiger partial charge in [-0.15, -0.1) is 0 Å². The van der Waals surface area contributed by atoms with Crippen LogP contribution in [0.4, 0.5) is 0 Å². The monoisotopic (exact) mass is 270 g/mol. The van der Waals surface area contributed by atoms with Crippen LogP contribution in [0.25, 0.3) is 0 Å². The molecule has 19 heavy (non-hydrogen) atoms. The molecule has 0 aromatic carbocycles. The van der Waals surface area contributed by atoms with Gasteiger partial charge >= 0.3 is 0 Å². The molecule has 3 unspecified atom stereocenters. The molecule has 1 aliphatic rings. The molecule has 0 aliphatic carbocycles. The summed E-state index contributed by atoms with van der Waals surface area (Å²) in [6.45, 7) is 11.4. The molecule has 1 N–H and O–H groups in total. The predicted octanol–water partition coefficient (Wildman–Crippen LogP) is 2.24. The number of amides is 1. The van der Waals surface area contributed by atoms with Crippen molar-refractivity contribution in [3.63, 3.8) is 0 Å². The number of methoxy groups -OCH3 is 1. The topological polar surface area (TPSA) is 41.6 Å². The molecule has 1 saturated heterocycles. The normalized spacial score (nSPS) is 25.7. The zero-order valence-corrected chi connectivity index (χ0v) is 13.3. The van der Waals surface area contributed by atoms with E-state index >= 15 is 0 Å². The molecule has 1 amide bonds. The Morgan fingerprint density at radius 1 is 1.32 bits per heavy atom. The number of nitrogens with one attached hydrogen (secondary N) is 1. The van der Waals surface area contributed by atoms with Crippen LogP contribution in [0.2, 0.25) is 0 Å². The molecule has 1 aliphatic heterocycles. The Kier molecular flexibility index (Phi) is 6.27. The lowest BCUT2D eigenvalue weighted by Crippen LogP contribution is -2.49. The summed E-state index contributed by atoms with van der Waals surface area (Å²) in [5.41, 5.74) is 0. The summed E-state index contributed by atoms with van der Waals surface area (Å²) in [5, 5.41) is 3.49. The van der Waals surface area contributed by atoms with Crippen LogP contribution in [-0.4, -0.2) is 42.8 Å². The van der Waals surface area contributed by atoms with Crippen molar-refractivity contribution >= 4 is 5.91 Å². The van der Waals surface area contributed by atoms with E-state index in [1.54, 1.807) is 7.11 Å². The lowest BCUT2D eigenvalue weighted by molar-refractivity contribution is -0.135. The first-order chi connectivity index (χ1) is 8.92. The van der Waals surface area contributed by atoms with Crippen molar-refractivity contribution in [3.05, 3.63) is 0 Å². The number of carbonyl (C=O) groups excluding carboxylic acids is 1. The van der Waals surface area contributed by atoms with Crippen LogP contribution in [0.15, 0.2) is 0 Å². The van der Waals surface area contributed by atoms with E-state index in [-0.39, 0.29) is 24.2 Å². The zero-order valence-electron chi connectivity index (χ0n) is 13.3. The van der Waals surface area contributed by atoms with Gasteiger partial charge in [0, 0.05) is 7.11 Å². The first-order valence-corrected chi connectivity index (χ1v) is 7.49. The Labute approximate surface area is 117 Å². The van der Waals surface area contributed by atoms with Crippen molar-refractivity contribution in [2.75, 3.05) is 13.7 Å². The first kappa shape index (κ1) is 16.4. The highest BCUT2D eigenvalue weighted by atomic mass is 16.5. The van der Waals surface area contributed by atoms with Crippen molar-refractivity contribution in [3.8, 4) is 0 Å². The van der Waals surface area contributed by atoms with E-state index in [2.05, 4.69) is 39.9 Å². The van der Waals surface area contributed by atoms with Gasteiger partial charge in [-0.2, -0.15) is 0 Å². The molecule has 0 spiro atoms. The summed E-state index contributed by atoms with van der Waals surface area (Å²) in [5.74, 6) is 1.17. The summed E-state index contributed by atoms with van der Waals surface area (Å²) in [7, 11) is 1.70. The fourth-order valence-corrected chi connectivity index (χ4v) is 2.83. The standard InChI is InChI=1S/C15H30N2O2/c1-7-14-16-12(8-10(2)3)15(18)17(14)13(9-19-6)11(4)5/h10-14,16H,7-9H2,1-6H3. The van der Waals surface area contributed by atoms with E-state index in [4.69, 9.17) is 4.74 Å². The average Bonchev–Trinajstić information content (AvgIpc) is 2.62. The number of carbonyl (C=O) groups is 1. The van der Waals surface area contributed by atoms with Crippen molar-refractivity contribution in [2.24, 2.45) is 11.8 Å². The molecule has 112 valence electrons. The highest BCUT2D eigenvalue weighted by Gasteiger charge is 2.42. The van der Waals surface area contributed by atoms with Gasteiger partial charge in [-0.3, -0.25) is 10.1 Å². The van der Waals surface area contributed by atoms with Gasteiger partial charge in [0.05, 0.1) is 24.9 Å². The maximum Gasteiger partial charge on any atom is 0.241 e. The Hall–Kier alpha value is -0.610. The third kappa shape index (κ3) is 3.93. The number of rotatable bonds is 7. The molecule has 0 saturated carbocycles. The summed E-state index contributed by atoms with van der Waals surface area (Å²) >= 11 is 0. The fourth-order valence-electron chi connectivity index (χ4n) is 2.83. The Bertz CT molecular complexity index is 292. The summed E-state index contributed by atoms with van der Waals surface area (Å²) < 4.78 is 5.31. The van der Waals surface area contributed by atoms with Crippen molar-refractivity contribution in [1.82, 2.24) is 10.2 Å². The van der Waals surface area contributed by atoms with Gasteiger partial charge in [0.2, 0.25) is 5.91 Å². The van der Waals surface area contributed by atoms with Crippen LogP contribution in [0.1, 0.15) is 47.5 Å². The van der Waals surface area contributed by atoms with Crippen LogP contribution < -0.4 is 5.32 Å². The quantitative estimate of drug-likeness (QED) is 0.771. The second kappa shape index (κ2) is 7.25. The van der Waals surface area contributed by atoms with Crippen molar-refractivity contribution < 1.29 is 9.53 Å². The van der Waals surface area contributed by atoms with Gasteiger partial charge < -0.3 is 9.64 Å². The van der Waals surface area contributed by atoms with Crippen LogP contribution in [-0.2, 0) is 9.53 Å². The second-order valence-electron chi connectivity index (χ2n) is 6.29. The van der Waals surface area contributed by atoms with Gasteiger partial charge in [0.15, 0.2) is 0 Å². The minimum absolute atomic E-state index is 0.0249. The summed E-state index contributed by atoms with van der Waals surface area (Å²) in [6, 6.07) is 0.134. The number of hydrogen-bond acceptors (Lipinski definition) is 3. The minimum atomic E-state index is -0.0249. The van der Waals surface area contributed by atoms with Gasteiger partial charge in [-0.25, -0.2) is 0 Å². The van der Waals surface area contributed by atoms with E-state index in [9.17, 15) is 4.79 Å². The molecule has 4 nitrogen and oxygen atoms in total. The van der Waals surface area contributed by atoms with Crippen LogP contribution in [0, 0.1) is 11.8 Å². The van der Waals surface area contributed by atoms with E-state index in [1.807, 2.05) is 4.90 Å². The minimum Gasteiger partial charge on any atom is -0.383 e. The maximum absolute atomic E-state index is 12.6. The SMILES string of the molecule is CCC1NC(CC(C)C)C(=O)N1C(COC)C(C)C. The van der Waals surface area contributed by atoms with E-state index in [0.717, 1.165) is 12.8 Å². The second-order valence-corrected chi connectivity index (χ2v) is 6.29. The molecule has 0 aromatic heterocycles. The maximum atomic E-state index is 12.6. The molecular weight excluding hydrogens is 240 g/mol. The largest absolute Gasteiger partial charge is 0.383 e. The predicted molar refractivity (Wildman–Crippen MR) is 77.8 cm³/mol. The molecule has 0 aromatic rings. The Morgan fingerprint density at radius 2 is 1.95 bits per heavy atom. The number of ether oxygens (including phenoxy) is 1. The number of hydrogen-bond donors (Lipinski definition) is 1. The summed E-state index contributed by atoms with van der Waals surface area (Å²) in [6.07, 6.45) is 2.00. The van der Waals surface area contributed by atoms with Gasteiger partial charge in [0.1, 0.15) is 0 Å². The van der Waals surface area contributed by atoms with Crippen LogP contribution in [0.5, 0.6) is 0 Å². The lowest BCUT2D eigenvalue weighted by atomic mass is 10.0. The van der Waals surface area contributed by atoms with Gasteiger partial charge in [0.25, 0.3) is 0 Å². The third-order valence-electron chi connectivity index (χ3n) is 3.84. The molecule has 0 radical (unpaired) electrons. The smallest absolute Gasteiger partial charge is 0.241 e. The molecule has 1 fully saturated rings. The first-order valence-electron chi connectivity index (χ1n) is 7.49. The van der Waals surface area contributed by atoms with Crippen LogP contribution >= 0.6 is 0 Å². The highest BCUT2D eigenvalue weighted by Crippen LogP contribution is 2.24. The number of nitrogens with zero attached hydrogens (tertiary/aromatic N) is 1. The van der Waals surface area contributed by atoms with E-state index < -0.39 is 0 Å². The molecule has 1 rings (SSSR count). The Morgan fingerprint density at radius 3 is 2.37 bits per heavy atom. The third-order valence-corrected chi connectivity index (χ3v) is 3.84. The fraction of sp³-hybridized carbons (Fsp3) is 0.933. The molecule has 3 atom stereocenters. The Balaban J connectivity index is 2.86. The van der Waals surface area contributed by atoms with Crippen molar-refractivity contribution in [2.45, 2.75) is 65.7 Å². The summed E-state index contributed by atoms with van der Waals surface area (Å²) in [4.78, 5) is 14.7. The van der Waals surface area contributed by atoms with E-state index in [1.165, 1.54) is 0 Å². The molecular formula is C15H30N2O2. The average molecular weight is 270 g/mol. The van der Waals surface area contributed by atoms with Crippen molar-refractivity contribution in [1.29, 1.82) is 0 Å². The van der Waals surface area contributed by atoms with E-state index in [0.29, 0.717) is 18.4 Å². The molecule has 4 heteroatoms. The van der Waals surface area contributed by atoms with Gasteiger partial charge in [-0.1, -0.05) is 34.6 Å². The van der Waals surface area contributed by atoms with Gasteiger partial charge in [-0.05, 0) is 24.7 Å². The highest BCUT2D eigenvalue weighted by molar-refractivity contribution is 5.84.